The van der Waals surface area contributed by atoms with Crippen molar-refractivity contribution in [1.29, 1.82) is 0 Å². The van der Waals surface area contributed by atoms with Gasteiger partial charge < -0.3 is 14.2 Å². The molecule has 0 spiro atoms. The first-order valence-corrected chi connectivity index (χ1v) is 4.95. The molecule has 0 saturated heterocycles. The van der Waals surface area contributed by atoms with Gasteiger partial charge in [-0.1, -0.05) is 0 Å². The summed E-state index contributed by atoms with van der Waals surface area (Å²) in [6.07, 6.45) is 0. The van der Waals surface area contributed by atoms with Crippen molar-refractivity contribution < 1.29 is 31.0 Å². The maximum atomic E-state index is 9.91. The van der Waals surface area contributed by atoms with Crippen molar-refractivity contribution in [3.05, 3.63) is 0 Å². The van der Waals surface area contributed by atoms with E-state index in [2.05, 4.69) is 0 Å². The van der Waals surface area contributed by atoms with Gasteiger partial charge in [0, 0.05) is 0 Å². The second-order valence-electron chi connectivity index (χ2n) is 1.81. The van der Waals surface area contributed by atoms with E-state index in [4.69, 9.17) is 5.11 Å². The lowest BCUT2D eigenvalue weighted by Gasteiger charge is -2.28. The summed E-state index contributed by atoms with van der Waals surface area (Å²) in [5.41, 5.74) is 0. The third-order valence-electron chi connectivity index (χ3n) is 0.928. The normalized spacial score (nSPS) is 14.9. The monoisotopic (exact) mass is 204 g/mol. The van der Waals surface area contributed by atoms with Gasteiger partial charge in [-0.15, -0.1) is 0 Å². The first kappa shape index (κ1) is 10.8. The van der Waals surface area contributed by atoms with Gasteiger partial charge in [0.15, 0.2) is 0 Å². The number of aliphatic hydroxyl groups is 1. The second-order valence-corrected chi connectivity index (χ2v) is 5.47. The van der Waals surface area contributed by atoms with Crippen LogP contribution in [0.25, 0.3) is 0 Å². The van der Waals surface area contributed by atoms with Gasteiger partial charge in [-0.3, -0.25) is 0 Å². The average Bonchev–Trinajstić information content (AvgIpc) is 1.58. The van der Waals surface area contributed by atoms with E-state index >= 15 is 0 Å². The molecule has 0 aliphatic heterocycles. The van der Waals surface area contributed by atoms with Crippen LogP contribution in [0, 0.1) is 0 Å². The van der Waals surface area contributed by atoms with E-state index in [0.29, 0.717) is 0 Å². The van der Waals surface area contributed by atoms with Crippen LogP contribution in [-0.2, 0) is 20.2 Å². The van der Waals surface area contributed by atoms with Gasteiger partial charge >= 0.3 is 0 Å². The quantitative estimate of drug-likeness (QED) is 0.501. The molecule has 0 aromatic rings. The molecule has 0 atom stereocenters. The van der Waals surface area contributed by atoms with E-state index in [-0.39, 0.29) is 6.92 Å². The maximum absolute atomic E-state index is 9.91. The van der Waals surface area contributed by atoms with Crippen LogP contribution in [0.2, 0.25) is 0 Å². The minimum atomic E-state index is -5.55. The molecule has 7 nitrogen and oxygen atoms in total. The SMILES string of the molecule is CC(O)(S(=O)(=O)[O-])S(=O)(=O)[O-]. The molecule has 0 aliphatic rings. The molecular formula is C2H4O7S2-2. The van der Waals surface area contributed by atoms with Gasteiger partial charge in [0.2, 0.25) is 4.27 Å². The Balaban J connectivity index is 5.45. The molecule has 1 N–H and O–H groups in total. The molecule has 0 saturated carbocycles. The molecule has 0 heterocycles. The molecular weight excluding hydrogens is 200 g/mol. The Labute approximate surface area is 63.2 Å². The standard InChI is InChI=1S/C2H6O7S2/c1-2(3,10(4,5)6)11(7,8)9/h3H,1H3,(H,4,5,6)(H,7,8,9)/p-2. The molecule has 0 aromatic carbocycles. The minimum Gasteiger partial charge on any atom is -0.745 e. The van der Waals surface area contributed by atoms with Crippen molar-refractivity contribution in [3.63, 3.8) is 0 Å². The maximum Gasteiger partial charge on any atom is 0.241 e. The lowest BCUT2D eigenvalue weighted by Crippen LogP contribution is -2.42. The molecule has 0 fully saturated rings. The third-order valence-corrected chi connectivity index (χ3v) is 4.01. The Morgan fingerprint density at radius 2 is 1.27 bits per heavy atom. The molecule has 0 bridgehead atoms. The summed E-state index contributed by atoms with van der Waals surface area (Å²) in [6, 6.07) is 0. The number of rotatable bonds is 2. The van der Waals surface area contributed by atoms with Gasteiger partial charge in [-0.05, 0) is 6.92 Å². The predicted molar refractivity (Wildman–Crippen MR) is 30.0 cm³/mol. The zero-order chi connectivity index (χ0) is 9.50. The zero-order valence-corrected chi connectivity index (χ0v) is 6.85. The topological polar surface area (TPSA) is 135 Å². The second kappa shape index (κ2) is 2.38. The Kier molecular flexibility index (Phi) is 2.34. The van der Waals surface area contributed by atoms with E-state index in [1.165, 1.54) is 0 Å². The number of hydrogen-bond donors (Lipinski definition) is 1. The lowest BCUT2D eigenvalue weighted by atomic mass is 10.9. The van der Waals surface area contributed by atoms with Gasteiger partial charge in [0.25, 0.3) is 0 Å². The van der Waals surface area contributed by atoms with Crippen molar-refractivity contribution in [2.75, 3.05) is 0 Å². The molecule has 9 heteroatoms. The van der Waals surface area contributed by atoms with Crippen molar-refractivity contribution in [3.8, 4) is 0 Å². The molecule has 0 aromatic heterocycles. The Bertz CT molecular complexity index is 297. The fourth-order valence-corrected chi connectivity index (χ4v) is 1.12. The highest BCUT2D eigenvalue weighted by molar-refractivity contribution is 8.04. The summed E-state index contributed by atoms with van der Waals surface area (Å²) in [6.45, 7) is 0.109. The molecule has 68 valence electrons. The summed E-state index contributed by atoms with van der Waals surface area (Å²) in [5.74, 6) is 0. The lowest BCUT2D eigenvalue weighted by molar-refractivity contribution is 0.191. The summed E-state index contributed by atoms with van der Waals surface area (Å²) in [7, 11) is -11.1. The minimum absolute atomic E-state index is 0.109. The van der Waals surface area contributed by atoms with E-state index in [1.807, 2.05) is 0 Å². The summed E-state index contributed by atoms with van der Waals surface area (Å²) < 4.78 is 55.7. The first-order chi connectivity index (χ1) is 4.50. The predicted octanol–water partition coefficient (Wildman–Crippen LogP) is -2.26. The fourth-order valence-electron chi connectivity index (χ4n) is 0.125. The van der Waals surface area contributed by atoms with Gasteiger partial charge in [0.05, 0.1) is 0 Å². The van der Waals surface area contributed by atoms with E-state index < -0.39 is 24.5 Å². The van der Waals surface area contributed by atoms with Crippen LogP contribution in [0.1, 0.15) is 6.92 Å². The summed E-state index contributed by atoms with van der Waals surface area (Å²) in [4.78, 5) is 0. The van der Waals surface area contributed by atoms with Gasteiger partial charge in [0.1, 0.15) is 20.2 Å². The van der Waals surface area contributed by atoms with Crippen LogP contribution < -0.4 is 0 Å². The first-order valence-electron chi connectivity index (χ1n) is 2.13. The highest BCUT2D eigenvalue weighted by Gasteiger charge is 2.36. The van der Waals surface area contributed by atoms with E-state index in [9.17, 15) is 25.9 Å². The Hall–Kier alpha value is -0.220. The largest absolute Gasteiger partial charge is 0.745 e. The average molecular weight is 204 g/mol. The molecule has 0 radical (unpaired) electrons. The van der Waals surface area contributed by atoms with Gasteiger partial charge in [-0.25, -0.2) is 16.8 Å². The summed E-state index contributed by atoms with van der Waals surface area (Å²) >= 11 is 0. The molecule has 0 unspecified atom stereocenters. The van der Waals surface area contributed by atoms with E-state index in [1.54, 1.807) is 0 Å². The van der Waals surface area contributed by atoms with Gasteiger partial charge in [-0.2, -0.15) is 0 Å². The van der Waals surface area contributed by atoms with Crippen molar-refractivity contribution in [2.45, 2.75) is 11.2 Å². The summed E-state index contributed by atoms with van der Waals surface area (Å²) in [5, 5.41) is 8.39. The fraction of sp³-hybridized carbons (Fsp3) is 1.00. The smallest absolute Gasteiger partial charge is 0.241 e. The highest BCUT2D eigenvalue weighted by atomic mass is 32.3. The third kappa shape index (κ3) is 1.87. The Morgan fingerprint density at radius 1 is 1.09 bits per heavy atom. The molecule has 11 heavy (non-hydrogen) atoms. The van der Waals surface area contributed by atoms with Crippen LogP contribution in [0.15, 0.2) is 0 Å². The number of hydrogen-bond acceptors (Lipinski definition) is 7. The van der Waals surface area contributed by atoms with Crippen LogP contribution in [0.3, 0.4) is 0 Å². The van der Waals surface area contributed by atoms with Crippen LogP contribution >= 0.6 is 0 Å². The van der Waals surface area contributed by atoms with Crippen LogP contribution in [0.4, 0.5) is 0 Å². The Morgan fingerprint density at radius 3 is 1.27 bits per heavy atom. The van der Waals surface area contributed by atoms with Crippen molar-refractivity contribution >= 4 is 20.2 Å². The van der Waals surface area contributed by atoms with Crippen LogP contribution in [-0.4, -0.2) is 35.3 Å². The van der Waals surface area contributed by atoms with Crippen molar-refractivity contribution in [1.82, 2.24) is 0 Å². The highest BCUT2D eigenvalue weighted by Crippen LogP contribution is 2.17. The van der Waals surface area contributed by atoms with Crippen molar-refractivity contribution in [2.24, 2.45) is 0 Å². The molecule has 0 rings (SSSR count). The molecule has 0 aliphatic carbocycles. The van der Waals surface area contributed by atoms with E-state index in [0.717, 1.165) is 0 Å². The zero-order valence-electron chi connectivity index (χ0n) is 5.21. The molecule has 0 amide bonds. The van der Waals surface area contributed by atoms with Crippen LogP contribution in [0.5, 0.6) is 0 Å².